The Balaban J connectivity index is 1.56. The summed E-state index contributed by atoms with van der Waals surface area (Å²) in [7, 11) is 0. The number of rotatable bonds is 15. The third kappa shape index (κ3) is 11.2. The molecule has 2 aliphatic carbocycles. The lowest BCUT2D eigenvalue weighted by molar-refractivity contribution is -0.153. The van der Waals surface area contributed by atoms with Gasteiger partial charge in [-0.1, -0.05) is 73.5 Å². The monoisotopic (exact) mass is 738 g/mol. The van der Waals surface area contributed by atoms with Crippen molar-refractivity contribution < 1.29 is 33.6 Å². The fourth-order valence-electron chi connectivity index (χ4n) is 7.51. The first-order valence-electron chi connectivity index (χ1n) is 19.4. The van der Waals surface area contributed by atoms with E-state index in [1.165, 1.54) is 15.9 Å². The number of allylic oxidation sites excluding steroid dienone is 1. The number of hydrogen-bond acceptors (Lipinski definition) is 7. The van der Waals surface area contributed by atoms with Crippen LogP contribution in [0.5, 0.6) is 0 Å². The highest BCUT2D eigenvalue weighted by molar-refractivity contribution is 6.38. The van der Waals surface area contributed by atoms with Crippen molar-refractivity contribution in [2.45, 2.75) is 137 Å². The minimum Gasteiger partial charge on any atom is -0.346 e. The minimum atomic E-state index is -1.05. The fraction of sp³-hybridized carbons (Fsp3) is 0.725. The first-order valence-corrected chi connectivity index (χ1v) is 19.4. The molecular weight excluding hydrogens is 676 g/mol. The topological polar surface area (TPSA) is 174 Å². The summed E-state index contributed by atoms with van der Waals surface area (Å²) >= 11 is 0. The van der Waals surface area contributed by atoms with Gasteiger partial charge in [0, 0.05) is 32.5 Å². The van der Waals surface area contributed by atoms with E-state index >= 15 is 0 Å². The maximum atomic E-state index is 14.7. The summed E-state index contributed by atoms with van der Waals surface area (Å²) in [4.78, 5) is 97.2. The molecule has 13 nitrogen and oxygen atoms in total. The number of likely N-dealkylation sites (tertiary alicyclic amines) is 2. The van der Waals surface area contributed by atoms with Gasteiger partial charge in [-0.05, 0) is 72.7 Å². The maximum Gasteiger partial charge on any atom is 0.315 e. The number of amides is 7. The molecule has 4 rings (SSSR count). The molecule has 0 radical (unpaired) electrons. The molecule has 2 heterocycles. The molecule has 0 aromatic carbocycles. The van der Waals surface area contributed by atoms with Crippen molar-refractivity contribution >= 4 is 41.4 Å². The van der Waals surface area contributed by atoms with Gasteiger partial charge in [0.2, 0.25) is 29.4 Å². The van der Waals surface area contributed by atoms with Gasteiger partial charge >= 0.3 is 6.03 Å². The van der Waals surface area contributed by atoms with E-state index in [0.29, 0.717) is 25.8 Å². The van der Waals surface area contributed by atoms with Crippen LogP contribution in [0.25, 0.3) is 0 Å². The molecule has 2 aliphatic heterocycles. The van der Waals surface area contributed by atoms with Crippen LogP contribution in [0.3, 0.4) is 0 Å². The molecule has 2 saturated heterocycles. The third-order valence-corrected chi connectivity index (χ3v) is 11.2. The van der Waals surface area contributed by atoms with Crippen molar-refractivity contribution in [3.63, 3.8) is 0 Å². The number of nitrogens with one attached hydrogen (secondary N) is 4. The van der Waals surface area contributed by atoms with Gasteiger partial charge in [-0.3, -0.25) is 33.7 Å². The SMILES string of the molecule is C=CCNC(=O)C(=O)C(CC1CC1)NC(=O)[C@@H]1C[C@@H](C(C)C)CN1C(=O)[C@@H](NC(=O)N[C@H](CN1C(=O)CC(C)(C)CC1=O)C(C)(C)C)C1=CCCCC1. The summed E-state index contributed by atoms with van der Waals surface area (Å²) in [6.07, 6.45) is 9.62. The average molecular weight is 739 g/mol. The highest BCUT2D eigenvalue weighted by Crippen LogP contribution is 2.36. The largest absolute Gasteiger partial charge is 0.346 e. The predicted molar refractivity (Wildman–Crippen MR) is 201 cm³/mol. The molecule has 7 amide bonds. The average Bonchev–Trinajstić information content (AvgIpc) is 3.78. The number of imide groups is 1. The zero-order valence-electron chi connectivity index (χ0n) is 32.8. The number of nitrogens with zero attached hydrogens (tertiary/aromatic N) is 2. The molecule has 0 spiro atoms. The second kappa shape index (κ2) is 17.4. The molecule has 13 heteroatoms. The Bertz CT molecular complexity index is 1460. The van der Waals surface area contributed by atoms with Crippen LogP contribution in [-0.2, 0) is 28.8 Å². The van der Waals surface area contributed by atoms with Gasteiger partial charge in [0.15, 0.2) is 0 Å². The van der Waals surface area contributed by atoms with E-state index in [1.807, 2.05) is 54.5 Å². The molecule has 3 fully saturated rings. The standard InChI is InChI=1S/C40H62N6O7/c1-9-17-41-36(51)34(49)28(18-25-15-16-25)42-35(50)29-19-27(24(2)3)22-45(29)37(52)33(26-13-11-10-12-14-26)44-38(53)43-30(39(4,5)6)23-46-31(47)20-40(7,8)21-32(46)48/h9,13,24-25,27-30,33H,1,10-12,14-23H2,2-8H3,(H,41,51)(H,42,50)(H2,43,44,53)/t27-,28?,29+,30-,33+/m1/s1. The number of Topliss-reactive ketones (excluding diaryl/α,β-unsaturated/α-hetero) is 1. The zero-order chi connectivity index (χ0) is 39.2. The Hall–Kier alpha value is -4.03. The van der Waals surface area contributed by atoms with Gasteiger partial charge < -0.3 is 26.2 Å². The van der Waals surface area contributed by atoms with Crippen molar-refractivity contribution in [1.29, 1.82) is 0 Å². The summed E-state index contributed by atoms with van der Waals surface area (Å²) in [6.45, 7) is 17.6. The van der Waals surface area contributed by atoms with Gasteiger partial charge in [0.25, 0.3) is 5.91 Å². The first-order chi connectivity index (χ1) is 24.8. The van der Waals surface area contributed by atoms with Gasteiger partial charge in [0.1, 0.15) is 12.1 Å². The molecule has 0 aromatic heterocycles. The zero-order valence-corrected chi connectivity index (χ0v) is 32.8. The fourth-order valence-corrected chi connectivity index (χ4v) is 7.51. The number of carbonyl (C=O) groups is 7. The lowest BCUT2D eigenvalue weighted by Gasteiger charge is -2.40. The Morgan fingerprint density at radius 3 is 2.21 bits per heavy atom. The molecule has 5 atom stereocenters. The second-order valence-corrected chi connectivity index (χ2v) is 17.8. The van der Waals surface area contributed by atoms with Crippen molar-refractivity contribution in [2.75, 3.05) is 19.6 Å². The maximum absolute atomic E-state index is 14.7. The van der Waals surface area contributed by atoms with E-state index in [2.05, 4.69) is 27.8 Å². The van der Waals surface area contributed by atoms with Crippen LogP contribution in [0.4, 0.5) is 4.79 Å². The molecule has 4 N–H and O–H groups in total. The third-order valence-electron chi connectivity index (χ3n) is 11.2. The normalized spacial score (nSPS) is 23.4. The summed E-state index contributed by atoms with van der Waals surface area (Å²) in [5, 5.41) is 11.3. The molecule has 294 valence electrons. The van der Waals surface area contributed by atoms with E-state index < -0.39 is 64.5 Å². The Morgan fingerprint density at radius 1 is 1.00 bits per heavy atom. The van der Waals surface area contributed by atoms with Crippen molar-refractivity contribution in [3.8, 4) is 0 Å². The Kier molecular flexibility index (Phi) is 13.7. The van der Waals surface area contributed by atoms with Crippen molar-refractivity contribution in [1.82, 2.24) is 31.1 Å². The van der Waals surface area contributed by atoms with Crippen LogP contribution in [0.1, 0.15) is 113 Å². The van der Waals surface area contributed by atoms with E-state index in [4.69, 9.17) is 0 Å². The van der Waals surface area contributed by atoms with Crippen LogP contribution in [0.15, 0.2) is 24.3 Å². The highest BCUT2D eigenvalue weighted by Gasteiger charge is 2.46. The summed E-state index contributed by atoms with van der Waals surface area (Å²) < 4.78 is 0. The molecule has 53 heavy (non-hydrogen) atoms. The lowest BCUT2D eigenvalue weighted by Crippen LogP contribution is -2.60. The number of hydrogen-bond donors (Lipinski definition) is 4. The summed E-state index contributed by atoms with van der Waals surface area (Å²) in [6, 6.07) is -4.21. The number of carbonyl (C=O) groups excluding carboxylic acids is 7. The van der Waals surface area contributed by atoms with Gasteiger partial charge in [-0.15, -0.1) is 6.58 Å². The highest BCUT2D eigenvalue weighted by atomic mass is 16.2. The molecule has 4 aliphatic rings. The van der Waals surface area contributed by atoms with E-state index in [-0.39, 0.29) is 55.5 Å². The van der Waals surface area contributed by atoms with E-state index in [0.717, 1.165) is 37.7 Å². The van der Waals surface area contributed by atoms with Crippen LogP contribution in [0.2, 0.25) is 0 Å². The van der Waals surface area contributed by atoms with Crippen molar-refractivity contribution in [2.24, 2.45) is 28.6 Å². The van der Waals surface area contributed by atoms with Gasteiger partial charge in [-0.2, -0.15) is 0 Å². The molecule has 0 bridgehead atoms. The van der Waals surface area contributed by atoms with Crippen LogP contribution in [-0.4, -0.2) is 95.0 Å². The van der Waals surface area contributed by atoms with Crippen molar-refractivity contribution in [3.05, 3.63) is 24.3 Å². The van der Waals surface area contributed by atoms with Crippen LogP contribution in [0, 0.1) is 28.6 Å². The van der Waals surface area contributed by atoms with Crippen LogP contribution >= 0.6 is 0 Å². The Morgan fingerprint density at radius 2 is 1.66 bits per heavy atom. The van der Waals surface area contributed by atoms with Crippen LogP contribution < -0.4 is 21.3 Å². The number of piperidine rings is 1. The summed E-state index contributed by atoms with van der Waals surface area (Å²) in [5.41, 5.74) is -0.213. The molecular formula is C40H62N6O7. The molecule has 0 aromatic rings. The molecule has 1 unspecified atom stereocenters. The number of urea groups is 1. The lowest BCUT2D eigenvalue weighted by atomic mass is 9.80. The number of ketones is 1. The van der Waals surface area contributed by atoms with Gasteiger partial charge in [-0.25, -0.2) is 4.79 Å². The predicted octanol–water partition coefficient (Wildman–Crippen LogP) is 3.77. The minimum absolute atomic E-state index is 0.00275. The quantitative estimate of drug-likeness (QED) is 0.112. The van der Waals surface area contributed by atoms with E-state index in [1.54, 1.807) is 0 Å². The smallest absolute Gasteiger partial charge is 0.315 e. The molecule has 1 saturated carbocycles. The Labute approximate surface area is 314 Å². The first kappa shape index (κ1) is 41.7. The second-order valence-electron chi connectivity index (χ2n) is 17.8. The summed E-state index contributed by atoms with van der Waals surface area (Å²) in [5.74, 6) is -2.60. The van der Waals surface area contributed by atoms with E-state index in [9.17, 15) is 33.6 Å². The van der Waals surface area contributed by atoms with Gasteiger partial charge in [0.05, 0.1) is 12.1 Å².